The van der Waals surface area contributed by atoms with Crippen molar-refractivity contribution in [1.82, 2.24) is 0 Å². The van der Waals surface area contributed by atoms with Crippen LogP contribution in [0.25, 0.3) is 22.3 Å². The summed E-state index contributed by atoms with van der Waals surface area (Å²) in [6, 6.07) is 73.4. The average Bonchev–Trinajstić information content (AvgIpc) is 3.63. The topological polar surface area (TPSA) is 9.72 Å². The van der Waals surface area contributed by atoms with E-state index in [1.807, 2.05) is 0 Å². The van der Waals surface area contributed by atoms with Gasteiger partial charge in [0.25, 0.3) is 6.71 Å². The lowest BCUT2D eigenvalue weighted by molar-refractivity contribution is 0.227. The van der Waals surface area contributed by atoms with Crippen molar-refractivity contribution in [2.24, 2.45) is 0 Å². The first-order valence-electron chi connectivity index (χ1n) is 30.0. The van der Waals surface area contributed by atoms with Crippen molar-refractivity contribution in [3.63, 3.8) is 0 Å². The summed E-state index contributed by atoms with van der Waals surface area (Å²) in [5.74, 6) is 0. The zero-order valence-corrected chi connectivity index (χ0v) is 50.1. The van der Waals surface area contributed by atoms with Gasteiger partial charge in [-0.2, -0.15) is 0 Å². The third-order valence-electron chi connectivity index (χ3n) is 20.0. The Labute approximate surface area is 483 Å². The number of hydrogen-bond donors (Lipinski definition) is 0. The van der Waals surface area contributed by atoms with E-state index in [2.05, 4.69) is 293 Å². The van der Waals surface area contributed by atoms with Gasteiger partial charge in [0.2, 0.25) is 0 Å². The summed E-state index contributed by atoms with van der Waals surface area (Å²) in [4.78, 5) is 7.92. The zero-order chi connectivity index (χ0) is 56.3. The highest BCUT2D eigenvalue weighted by atomic mass is 15.2. The van der Waals surface area contributed by atoms with Gasteiger partial charge in [0, 0.05) is 45.4 Å². The lowest BCUT2D eigenvalue weighted by Crippen LogP contribution is -2.61. The molecule has 6 bridgehead atoms. The number of nitrogens with zero attached hydrogens (tertiary/aromatic N) is 3. The van der Waals surface area contributed by atoms with E-state index in [1.165, 1.54) is 113 Å². The number of anilines is 9. The van der Waals surface area contributed by atoms with E-state index in [9.17, 15) is 0 Å². The second-order valence-corrected chi connectivity index (χ2v) is 28.8. The summed E-state index contributed by atoms with van der Waals surface area (Å²) < 4.78 is 0. The standard InChI is InChI=1S/C77H78BN3/c1-49-29-30-51(50-23-17-14-18-24-50)40-66(49)81-67-42-54(73(5,6)7)32-35-63(67)78-64-45-61-62-46-68(64)80(69-43-57(44-70(81)71(69)78)79(55-25-19-15-20-26-55)56-27-21-16-22-28-56)65-36-33-53(72(2,3)4)41-58(65)52-31-34-59-60(39-52)74(8,9)37-38-76(59,12)48-77(62,13)47-75(61,10)11/h14-36,39-46H,37-38,47-48H2,1-13H3. The summed E-state index contributed by atoms with van der Waals surface area (Å²) in [5.41, 5.74) is 29.5. The normalized spacial score (nSPS) is 19.7. The molecular formula is C77H78BN3. The molecular weight excluding hydrogens is 978 g/mol. The molecule has 15 rings (SSSR count). The van der Waals surface area contributed by atoms with E-state index >= 15 is 0 Å². The number of para-hydroxylation sites is 2. The van der Waals surface area contributed by atoms with Gasteiger partial charge in [0.05, 0.1) is 11.4 Å². The maximum atomic E-state index is 2.76. The van der Waals surface area contributed by atoms with Gasteiger partial charge in [0.15, 0.2) is 0 Å². The molecule has 6 aliphatic rings. The van der Waals surface area contributed by atoms with Crippen molar-refractivity contribution in [3.8, 4) is 22.3 Å². The number of rotatable bonds is 5. The summed E-state index contributed by atoms with van der Waals surface area (Å²) >= 11 is 0. The van der Waals surface area contributed by atoms with E-state index in [1.54, 1.807) is 5.56 Å². The van der Waals surface area contributed by atoms with Gasteiger partial charge in [-0.3, -0.25) is 0 Å². The third-order valence-corrected chi connectivity index (χ3v) is 20.0. The molecule has 4 aliphatic heterocycles. The van der Waals surface area contributed by atoms with E-state index in [0.29, 0.717) is 0 Å². The molecule has 9 aromatic carbocycles. The van der Waals surface area contributed by atoms with Gasteiger partial charge in [-0.1, -0.05) is 204 Å². The fraction of sp³-hybridized carbons (Fsp3) is 0.299. The van der Waals surface area contributed by atoms with Gasteiger partial charge in [-0.05, 0) is 204 Å². The second kappa shape index (κ2) is 17.7. The first-order chi connectivity index (χ1) is 38.5. The summed E-state index contributed by atoms with van der Waals surface area (Å²) in [6.07, 6.45) is 4.54. The molecule has 0 radical (unpaired) electrons. The maximum Gasteiger partial charge on any atom is 0.252 e. The molecule has 0 fully saturated rings. The lowest BCUT2D eigenvalue weighted by atomic mass is 9.33. The predicted octanol–water partition coefficient (Wildman–Crippen LogP) is 19.1. The van der Waals surface area contributed by atoms with Crippen LogP contribution in [0.4, 0.5) is 51.2 Å². The molecule has 2 atom stereocenters. The molecule has 0 saturated heterocycles. The smallest absolute Gasteiger partial charge is 0.252 e. The Balaban J connectivity index is 1.17. The molecule has 404 valence electrons. The molecule has 0 amide bonds. The molecule has 9 aromatic rings. The predicted molar refractivity (Wildman–Crippen MR) is 347 cm³/mol. The Morgan fingerprint density at radius 1 is 0.395 bits per heavy atom. The fourth-order valence-corrected chi connectivity index (χ4v) is 15.9. The Bertz CT molecular complexity index is 3990. The molecule has 2 unspecified atom stereocenters. The minimum absolute atomic E-state index is 0.0107. The highest BCUT2D eigenvalue weighted by Gasteiger charge is 2.53. The Morgan fingerprint density at radius 2 is 0.975 bits per heavy atom. The Kier molecular flexibility index (Phi) is 11.3. The molecule has 0 aromatic heterocycles. The number of benzene rings is 9. The quantitative estimate of drug-likeness (QED) is 0.159. The molecule has 0 saturated carbocycles. The lowest BCUT2D eigenvalue weighted by Gasteiger charge is -2.47. The van der Waals surface area contributed by atoms with Crippen LogP contribution in [0.3, 0.4) is 0 Å². The van der Waals surface area contributed by atoms with E-state index in [-0.39, 0.29) is 39.2 Å². The Morgan fingerprint density at radius 3 is 1.63 bits per heavy atom. The fourth-order valence-electron chi connectivity index (χ4n) is 15.9. The van der Waals surface area contributed by atoms with Crippen LogP contribution in [0.1, 0.15) is 148 Å². The van der Waals surface area contributed by atoms with Crippen molar-refractivity contribution < 1.29 is 0 Å². The molecule has 2 aliphatic carbocycles. The van der Waals surface area contributed by atoms with Gasteiger partial charge in [-0.15, -0.1) is 0 Å². The van der Waals surface area contributed by atoms with Crippen LogP contribution in [-0.2, 0) is 32.5 Å². The van der Waals surface area contributed by atoms with E-state index in [0.717, 1.165) is 36.3 Å². The zero-order valence-electron chi connectivity index (χ0n) is 50.1. The average molecular weight is 1060 g/mol. The highest BCUT2D eigenvalue weighted by molar-refractivity contribution is 7.00. The summed E-state index contributed by atoms with van der Waals surface area (Å²) in [6.45, 7) is 31.8. The van der Waals surface area contributed by atoms with Gasteiger partial charge in [0.1, 0.15) is 0 Å². The maximum absolute atomic E-state index is 2.76. The van der Waals surface area contributed by atoms with Crippen molar-refractivity contribution in [2.45, 2.75) is 148 Å². The van der Waals surface area contributed by atoms with Crippen LogP contribution in [0, 0.1) is 6.92 Å². The van der Waals surface area contributed by atoms with Gasteiger partial charge in [-0.25, -0.2) is 0 Å². The second-order valence-electron chi connectivity index (χ2n) is 28.8. The van der Waals surface area contributed by atoms with E-state index < -0.39 is 0 Å². The molecule has 81 heavy (non-hydrogen) atoms. The van der Waals surface area contributed by atoms with Gasteiger partial charge >= 0.3 is 0 Å². The van der Waals surface area contributed by atoms with Crippen LogP contribution in [0.15, 0.2) is 188 Å². The van der Waals surface area contributed by atoms with Crippen LogP contribution in [-0.4, -0.2) is 6.71 Å². The molecule has 3 nitrogen and oxygen atoms in total. The van der Waals surface area contributed by atoms with E-state index in [4.69, 9.17) is 0 Å². The molecule has 0 N–H and O–H groups in total. The number of fused-ring (bicyclic) bond motifs is 4. The minimum atomic E-state index is -0.0919. The van der Waals surface area contributed by atoms with Crippen LogP contribution in [0.5, 0.6) is 0 Å². The number of aryl methyl sites for hydroxylation is 1. The van der Waals surface area contributed by atoms with Crippen LogP contribution >= 0.6 is 0 Å². The van der Waals surface area contributed by atoms with Crippen molar-refractivity contribution >= 4 is 74.3 Å². The van der Waals surface area contributed by atoms with Gasteiger partial charge < -0.3 is 14.7 Å². The Hall–Kier alpha value is -7.56. The largest absolute Gasteiger partial charge is 0.311 e. The highest BCUT2D eigenvalue weighted by Crippen LogP contribution is 2.61. The SMILES string of the molecule is Cc1ccc(-c2ccccc2)cc1N1c2cc(C(C)(C)C)ccc2B2c3cc4c5cc3N(c3ccc(C(C)(C)C)cc3-c3ccc6c(c3)C(C)(C)CCC6(C)CC5(C)CC4(C)C)c3cc(N(c4ccccc4)c4ccccc4)cc1c32. The first kappa shape index (κ1) is 51.6. The third kappa shape index (κ3) is 8.04. The monoisotopic (exact) mass is 1060 g/mol. The first-order valence-corrected chi connectivity index (χ1v) is 30.0. The molecule has 4 heterocycles. The summed E-state index contributed by atoms with van der Waals surface area (Å²) in [7, 11) is 0. The number of hydrogen-bond acceptors (Lipinski definition) is 3. The van der Waals surface area contributed by atoms with Crippen LogP contribution < -0.4 is 31.1 Å². The molecule has 4 heteroatoms. The van der Waals surface area contributed by atoms with Crippen molar-refractivity contribution in [1.29, 1.82) is 0 Å². The molecule has 0 spiro atoms. The summed E-state index contributed by atoms with van der Waals surface area (Å²) in [5, 5.41) is 0. The van der Waals surface area contributed by atoms with Crippen molar-refractivity contribution in [3.05, 3.63) is 227 Å². The van der Waals surface area contributed by atoms with Crippen LogP contribution in [0.2, 0.25) is 0 Å². The minimum Gasteiger partial charge on any atom is -0.311 e. The van der Waals surface area contributed by atoms with Crippen molar-refractivity contribution in [2.75, 3.05) is 14.7 Å².